The van der Waals surface area contributed by atoms with Crippen LogP contribution in [-0.4, -0.2) is 11.3 Å². The smallest absolute Gasteiger partial charge is 0.241 e. The van der Waals surface area contributed by atoms with Gasteiger partial charge < -0.3 is 14.9 Å². The number of aliphatic imine (C=N–C) groups is 1. The zero-order chi connectivity index (χ0) is 8.97. The molecule has 0 bridgehead atoms. The molecule has 0 aliphatic carbocycles. The molecule has 0 aliphatic heterocycles. The summed E-state index contributed by atoms with van der Waals surface area (Å²) in [6.07, 6.45) is 1.60. The van der Waals surface area contributed by atoms with E-state index in [0.29, 0.717) is 5.92 Å². The minimum absolute atomic E-state index is 0.248. The van der Waals surface area contributed by atoms with Gasteiger partial charge in [0.2, 0.25) is 12.1 Å². The zero-order valence-corrected chi connectivity index (χ0v) is 7.06. The molecule has 0 spiro atoms. The first kappa shape index (κ1) is 8.62. The minimum atomic E-state index is 0.248. The first-order valence-electron chi connectivity index (χ1n) is 3.68. The monoisotopic (exact) mass is 166 g/mol. The van der Waals surface area contributed by atoms with Gasteiger partial charge in [0.15, 0.2) is 11.8 Å². The van der Waals surface area contributed by atoms with Crippen molar-refractivity contribution in [3.8, 4) is 0 Å². The zero-order valence-electron chi connectivity index (χ0n) is 7.06. The summed E-state index contributed by atoms with van der Waals surface area (Å²) in [6.45, 7) is 4.91. The molecule has 0 N–H and O–H groups in total. The number of rotatable bonds is 3. The van der Waals surface area contributed by atoms with E-state index < -0.39 is 0 Å². The lowest BCUT2D eigenvalue weighted by atomic mass is 10.2. The fraction of sp³-hybridized carbons (Fsp3) is 0.571. The third-order valence-corrected chi connectivity index (χ3v) is 1.21. The lowest BCUT2D eigenvalue weighted by Gasteiger charge is -1.90. The van der Waals surface area contributed by atoms with E-state index in [1.54, 1.807) is 16.9 Å². The van der Waals surface area contributed by atoms with Crippen molar-refractivity contribution in [2.45, 2.75) is 20.4 Å². The van der Waals surface area contributed by atoms with E-state index in [1.807, 2.05) is 0 Å². The number of hydrogen-bond acceptors (Lipinski definition) is 3. The standard InChI is InChI=1S/C7H10N4O/c1-6(2)3-11-4-7(9-5-8)12-10-11/h4,6H,3H2,1-2H3. The number of nitrogens with zero attached hydrogens (tertiary/aromatic N) is 4. The second-order valence-electron chi connectivity index (χ2n) is 2.87. The van der Waals surface area contributed by atoms with E-state index in [9.17, 15) is 0 Å². The molecule has 5 nitrogen and oxygen atoms in total. The van der Waals surface area contributed by atoms with Gasteiger partial charge in [-0.25, -0.2) is 0 Å². The van der Waals surface area contributed by atoms with Gasteiger partial charge >= 0.3 is 0 Å². The van der Waals surface area contributed by atoms with Crippen LogP contribution in [0.4, 0.5) is 5.88 Å². The number of hydrogen-bond donors (Lipinski definition) is 0. The van der Waals surface area contributed by atoms with Crippen molar-refractivity contribution in [2.75, 3.05) is 0 Å². The molecule has 1 heterocycles. The van der Waals surface area contributed by atoms with Crippen LogP contribution >= 0.6 is 0 Å². The van der Waals surface area contributed by atoms with Crippen molar-refractivity contribution >= 4 is 11.9 Å². The molecule has 5 heteroatoms. The fourth-order valence-corrected chi connectivity index (χ4v) is 0.828. The largest absolute Gasteiger partial charge is 0.422 e. The first-order valence-corrected chi connectivity index (χ1v) is 3.68. The van der Waals surface area contributed by atoms with Gasteiger partial charge in [-0.15, -0.1) is 6.01 Å². The maximum atomic E-state index is 8.20. The maximum Gasteiger partial charge on any atom is 0.241 e. The molecular weight excluding hydrogens is 156 g/mol. The van der Waals surface area contributed by atoms with Crippen molar-refractivity contribution in [1.29, 1.82) is 0 Å². The normalized spacial score (nSPS) is 9.92. The average molecular weight is 166 g/mol. The van der Waals surface area contributed by atoms with Crippen LogP contribution in [0.1, 0.15) is 13.8 Å². The number of aromatic nitrogens is 2. The van der Waals surface area contributed by atoms with Crippen molar-refractivity contribution < 1.29 is 9.20 Å². The van der Waals surface area contributed by atoms with Crippen molar-refractivity contribution in [3.63, 3.8) is 0 Å². The van der Waals surface area contributed by atoms with Gasteiger partial charge in [0.05, 0.1) is 0 Å². The molecule has 0 radical (unpaired) electrons. The summed E-state index contributed by atoms with van der Waals surface area (Å²) in [6, 6.07) is 1.63. The summed E-state index contributed by atoms with van der Waals surface area (Å²) in [5.41, 5.74) is 0. The second kappa shape index (κ2) is 3.78. The highest BCUT2D eigenvalue weighted by molar-refractivity contribution is 5.49. The summed E-state index contributed by atoms with van der Waals surface area (Å²) >= 11 is 0. The van der Waals surface area contributed by atoms with E-state index in [2.05, 4.69) is 24.1 Å². The predicted octanol–water partition coefficient (Wildman–Crippen LogP) is 0.993. The molecule has 0 amide bonds. The van der Waals surface area contributed by atoms with E-state index in [4.69, 9.17) is 9.93 Å². The third-order valence-electron chi connectivity index (χ3n) is 1.21. The summed E-state index contributed by atoms with van der Waals surface area (Å²) in [5, 5.41) is 11.9. The molecule has 1 aromatic rings. The van der Waals surface area contributed by atoms with E-state index >= 15 is 0 Å². The Hall–Kier alpha value is -1.48. The van der Waals surface area contributed by atoms with Crippen LogP contribution in [0.5, 0.6) is 0 Å². The molecule has 0 fully saturated rings. The van der Waals surface area contributed by atoms with Crippen LogP contribution in [0.2, 0.25) is 0 Å². The van der Waals surface area contributed by atoms with Crippen LogP contribution in [0.25, 0.3) is 5.41 Å². The van der Waals surface area contributed by atoms with Crippen LogP contribution in [0.3, 0.4) is 0 Å². The van der Waals surface area contributed by atoms with E-state index in [-0.39, 0.29) is 5.88 Å². The molecule has 0 aliphatic rings. The fourth-order valence-electron chi connectivity index (χ4n) is 0.828. The van der Waals surface area contributed by atoms with Gasteiger partial charge in [0, 0.05) is 5.92 Å². The van der Waals surface area contributed by atoms with Gasteiger partial charge in [-0.1, -0.05) is 18.5 Å². The van der Waals surface area contributed by atoms with E-state index in [0.717, 1.165) is 6.54 Å². The molecule has 12 heavy (non-hydrogen) atoms. The van der Waals surface area contributed by atoms with Gasteiger partial charge in [-0.3, -0.25) is 0 Å². The highest BCUT2D eigenvalue weighted by Gasteiger charge is 2.08. The van der Waals surface area contributed by atoms with Gasteiger partial charge in [-0.2, -0.15) is 0 Å². The SMILES string of the molecule is CC(C)C[n+]1cc(N=C=[N-])on1. The van der Waals surface area contributed by atoms with Crippen molar-refractivity contribution in [3.05, 3.63) is 11.6 Å². The Kier molecular flexibility index (Phi) is 2.71. The lowest BCUT2D eigenvalue weighted by molar-refractivity contribution is -0.766. The molecule has 0 unspecified atom stereocenters. The quantitative estimate of drug-likeness (QED) is 0.496. The van der Waals surface area contributed by atoms with Crippen LogP contribution < -0.4 is 4.68 Å². The molecular formula is C7H10N4O. The summed E-state index contributed by atoms with van der Waals surface area (Å²) < 4.78 is 6.36. The van der Waals surface area contributed by atoms with Crippen molar-refractivity contribution in [2.24, 2.45) is 10.9 Å². The first-order chi connectivity index (χ1) is 5.72. The van der Waals surface area contributed by atoms with Crippen LogP contribution in [0.15, 0.2) is 15.7 Å². The maximum absolute atomic E-state index is 8.20. The summed E-state index contributed by atoms with van der Waals surface area (Å²) in [4.78, 5) is 3.39. The predicted molar refractivity (Wildman–Crippen MR) is 42.0 cm³/mol. The molecule has 1 aromatic heterocycles. The van der Waals surface area contributed by atoms with Gasteiger partial charge in [-0.05, 0) is 0 Å². The van der Waals surface area contributed by atoms with Gasteiger partial charge in [0.25, 0.3) is 0 Å². The molecule has 64 valence electrons. The molecule has 0 saturated carbocycles. The Balaban J connectivity index is 2.70. The Morgan fingerprint density at radius 1 is 1.83 bits per heavy atom. The minimum Gasteiger partial charge on any atom is -0.422 e. The Morgan fingerprint density at radius 3 is 3.17 bits per heavy atom. The summed E-state index contributed by atoms with van der Waals surface area (Å²) in [5.74, 6) is 0.744. The second-order valence-corrected chi connectivity index (χ2v) is 2.87. The Morgan fingerprint density at radius 2 is 2.58 bits per heavy atom. The highest BCUT2D eigenvalue weighted by atomic mass is 16.5. The summed E-state index contributed by atoms with van der Waals surface area (Å²) in [7, 11) is 0. The molecule has 0 saturated heterocycles. The Bertz CT molecular complexity index is 298. The van der Waals surface area contributed by atoms with Crippen LogP contribution in [-0.2, 0) is 6.54 Å². The molecule has 1 rings (SSSR count). The Labute approximate surface area is 70.2 Å². The van der Waals surface area contributed by atoms with Crippen LogP contribution in [0, 0.1) is 5.92 Å². The average Bonchev–Trinajstić information content (AvgIpc) is 2.36. The molecule has 0 aromatic carbocycles. The van der Waals surface area contributed by atoms with Gasteiger partial charge in [0.1, 0.15) is 0 Å². The highest BCUT2D eigenvalue weighted by Crippen LogP contribution is 2.04. The third kappa shape index (κ3) is 2.29. The topological polar surface area (TPSA) is 64.6 Å². The molecule has 0 atom stereocenters. The lowest BCUT2D eigenvalue weighted by Crippen LogP contribution is -2.36. The van der Waals surface area contributed by atoms with E-state index in [1.165, 1.54) is 0 Å². The van der Waals surface area contributed by atoms with Crippen molar-refractivity contribution in [1.82, 2.24) is 5.27 Å².